The number of aliphatic imine (C=N–C) groups is 1. The van der Waals surface area contributed by atoms with Gasteiger partial charge in [0.25, 0.3) is 0 Å². The molecule has 2 rings (SSSR count). The van der Waals surface area contributed by atoms with E-state index in [1.54, 1.807) is 14.2 Å². The molecule has 0 aromatic heterocycles. The van der Waals surface area contributed by atoms with Crippen molar-refractivity contribution in [3.8, 4) is 5.75 Å². The SMILES string of the molecule is CN=C(NCCN1C(=O)CCCC1=O)N(C)Cc1ccccc1OC.I. The Morgan fingerprint density at radius 3 is 2.54 bits per heavy atom. The quantitative estimate of drug-likeness (QED) is 0.295. The lowest BCUT2D eigenvalue weighted by Gasteiger charge is -2.27. The summed E-state index contributed by atoms with van der Waals surface area (Å²) in [5, 5.41) is 3.20. The van der Waals surface area contributed by atoms with Gasteiger partial charge >= 0.3 is 0 Å². The minimum Gasteiger partial charge on any atom is -0.496 e. The summed E-state index contributed by atoms with van der Waals surface area (Å²) >= 11 is 0. The Hall–Kier alpha value is -1.84. The second-order valence-corrected chi connectivity index (χ2v) is 5.93. The highest BCUT2D eigenvalue weighted by Gasteiger charge is 2.25. The number of hydrogen-bond acceptors (Lipinski definition) is 4. The highest BCUT2D eigenvalue weighted by molar-refractivity contribution is 14.0. The monoisotopic (exact) mass is 474 g/mol. The Morgan fingerprint density at radius 2 is 1.92 bits per heavy atom. The van der Waals surface area contributed by atoms with Gasteiger partial charge in [-0.15, -0.1) is 24.0 Å². The molecule has 0 bridgehead atoms. The molecule has 7 nitrogen and oxygen atoms in total. The summed E-state index contributed by atoms with van der Waals surface area (Å²) in [5.74, 6) is 1.35. The van der Waals surface area contributed by atoms with E-state index >= 15 is 0 Å². The third-order valence-corrected chi connectivity index (χ3v) is 4.18. The summed E-state index contributed by atoms with van der Waals surface area (Å²) in [6, 6.07) is 7.83. The number of rotatable bonds is 6. The minimum atomic E-state index is -0.0876. The van der Waals surface area contributed by atoms with E-state index in [1.807, 2.05) is 36.2 Å². The van der Waals surface area contributed by atoms with Crippen LogP contribution in [0.15, 0.2) is 29.3 Å². The third kappa shape index (κ3) is 5.86. The van der Waals surface area contributed by atoms with Crippen LogP contribution in [0.5, 0.6) is 5.75 Å². The number of para-hydroxylation sites is 1. The number of likely N-dealkylation sites (tertiary alicyclic amines) is 1. The van der Waals surface area contributed by atoms with Gasteiger partial charge in [-0.25, -0.2) is 0 Å². The van der Waals surface area contributed by atoms with E-state index in [9.17, 15) is 9.59 Å². The fraction of sp³-hybridized carbons (Fsp3) is 0.500. The van der Waals surface area contributed by atoms with Crippen LogP contribution in [-0.4, -0.2) is 61.9 Å². The Kier molecular flexibility index (Phi) is 9.39. The maximum Gasteiger partial charge on any atom is 0.229 e. The second kappa shape index (κ2) is 11.0. The van der Waals surface area contributed by atoms with Crippen molar-refractivity contribution in [2.45, 2.75) is 25.8 Å². The maximum atomic E-state index is 11.8. The number of hydrogen-bond donors (Lipinski definition) is 1. The van der Waals surface area contributed by atoms with E-state index in [4.69, 9.17) is 4.74 Å². The lowest BCUT2D eigenvalue weighted by Crippen LogP contribution is -2.46. The van der Waals surface area contributed by atoms with Gasteiger partial charge in [-0.2, -0.15) is 0 Å². The van der Waals surface area contributed by atoms with Crippen LogP contribution < -0.4 is 10.1 Å². The summed E-state index contributed by atoms with van der Waals surface area (Å²) in [7, 11) is 5.29. The van der Waals surface area contributed by atoms with Crippen molar-refractivity contribution in [3.05, 3.63) is 29.8 Å². The van der Waals surface area contributed by atoms with Crippen LogP contribution in [0.4, 0.5) is 0 Å². The molecule has 0 unspecified atom stereocenters. The Bertz CT molecular complexity index is 635. The molecule has 0 spiro atoms. The molecule has 1 aromatic carbocycles. The summed E-state index contributed by atoms with van der Waals surface area (Å²) in [5.41, 5.74) is 1.05. The Morgan fingerprint density at radius 1 is 1.27 bits per heavy atom. The number of carbonyl (C=O) groups excluding carboxylic acids is 2. The van der Waals surface area contributed by atoms with Crippen molar-refractivity contribution in [2.75, 3.05) is 34.3 Å². The van der Waals surface area contributed by atoms with E-state index in [-0.39, 0.29) is 35.8 Å². The van der Waals surface area contributed by atoms with Crippen molar-refractivity contribution >= 4 is 41.8 Å². The number of halogens is 1. The number of nitrogens with zero attached hydrogens (tertiary/aromatic N) is 3. The Labute approximate surface area is 171 Å². The molecule has 0 saturated carbocycles. The van der Waals surface area contributed by atoms with Gasteiger partial charge < -0.3 is 15.0 Å². The zero-order chi connectivity index (χ0) is 18.2. The lowest BCUT2D eigenvalue weighted by molar-refractivity contribution is -0.147. The predicted octanol–water partition coefficient (Wildman–Crippen LogP) is 1.86. The smallest absolute Gasteiger partial charge is 0.229 e. The molecule has 1 N–H and O–H groups in total. The zero-order valence-electron chi connectivity index (χ0n) is 15.5. The number of amides is 2. The molecule has 0 atom stereocenters. The highest BCUT2D eigenvalue weighted by atomic mass is 127. The van der Waals surface area contributed by atoms with E-state index in [2.05, 4.69) is 10.3 Å². The van der Waals surface area contributed by atoms with Crippen molar-refractivity contribution in [2.24, 2.45) is 4.99 Å². The van der Waals surface area contributed by atoms with Gasteiger partial charge in [0.05, 0.1) is 7.11 Å². The third-order valence-electron chi connectivity index (χ3n) is 4.18. The molecular formula is C18H27IN4O3. The second-order valence-electron chi connectivity index (χ2n) is 5.93. The number of methoxy groups -OCH3 is 1. The fourth-order valence-electron chi connectivity index (χ4n) is 2.88. The van der Waals surface area contributed by atoms with E-state index < -0.39 is 0 Å². The van der Waals surface area contributed by atoms with Crippen LogP contribution >= 0.6 is 24.0 Å². The number of piperidine rings is 1. The van der Waals surface area contributed by atoms with Crippen LogP contribution in [0, 0.1) is 0 Å². The largest absolute Gasteiger partial charge is 0.496 e. The molecule has 1 aliphatic rings. The normalized spacial score (nSPS) is 14.7. The molecular weight excluding hydrogens is 447 g/mol. The van der Waals surface area contributed by atoms with Crippen LogP contribution in [0.25, 0.3) is 0 Å². The predicted molar refractivity (Wildman–Crippen MR) is 112 cm³/mol. The van der Waals surface area contributed by atoms with Crippen molar-refractivity contribution in [3.63, 3.8) is 0 Å². The van der Waals surface area contributed by atoms with Gasteiger partial charge in [-0.05, 0) is 12.5 Å². The lowest BCUT2D eigenvalue weighted by atomic mass is 10.1. The zero-order valence-corrected chi connectivity index (χ0v) is 17.9. The number of benzene rings is 1. The first-order chi connectivity index (χ1) is 12.1. The molecule has 8 heteroatoms. The molecule has 1 aliphatic heterocycles. The molecule has 1 fully saturated rings. The van der Waals surface area contributed by atoms with Crippen LogP contribution in [-0.2, 0) is 16.1 Å². The molecule has 0 aliphatic carbocycles. The standard InChI is InChI=1S/C18H26N4O3.HI/c1-19-18(20-11-12-22-16(23)9-6-10-17(22)24)21(2)13-14-7-4-5-8-15(14)25-3;/h4-5,7-8H,6,9-13H2,1-3H3,(H,19,20);1H. The summed E-state index contributed by atoms with van der Waals surface area (Å²) in [4.78, 5) is 31.2. The van der Waals surface area contributed by atoms with Crippen LogP contribution in [0.3, 0.4) is 0 Å². The molecule has 0 radical (unpaired) electrons. The maximum absolute atomic E-state index is 11.8. The topological polar surface area (TPSA) is 74.2 Å². The Balaban J connectivity index is 0.00000338. The van der Waals surface area contributed by atoms with Gasteiger partial charge in [0.2, 0.25) is 11.8 Å². The first kappa shape index (κ1) is 22.2. The molecule has 1 aromatic rings. The van der Waals surface area contributed by atoms with Crippen LogP contribution in [0.1, 0.15) is 24.8 Å². The van der Waals surface area contributed by atoms with Crippen molar-refractivity contribution in [1.29, 1.82) is 0 Å². The van der Waals surface area contributed by atoms with Gasteiger partial charge in [0, 0.05) is 52.1 Å². The van der Waals surface area contributed by atoms with E-state index in [0.717, 1.165) is 11.3 Å². The number of ether oxygens (including phenoxy) is 1. The molecule has 26 heavy (non-hydrogen) atoms. The van der Waals surface area contributed by atoms with Crippen molar-refractivity contribution in [1.82, 2.24) is 15.1 Å². The summed E-state index contributed by atoms with van der Waals surface area (Å²) in [6.07, 6.45) is 1.56. The van der Waals surface area contributed by atoms with Gasteiger partial charge in [0.1, 0.15) is 5.75 Å². The number of nitrogens with one attached hydrogen (secondary N) is 1. The minimum absolute atomic E-state index is 0. The highest BCUT2D eigenvalue weighted by Crippen LogP contribution is 2.18. The average Bonchev–Trinajstić information content (AvgIpc) is 2.61. The number of imide groups is 1. The number of carbonyl (C=O) groups is 2. The van der Waals surface area contributed by atoms with Gasteiger partial charge in [-0.3, -0.25) is 19.5 Å². The molecule has 144 valence electrons. The van der Waals surface area contributed by atoms with Gasteiger partial charge in [0.15, 0.2) is 5.96 Å². The summed E-state index contributed by atoms with van der Waals surface area (Å²) in [6.45, 7) is 1.46. The first-order valence-electron chi connectivity index (χ1n) is 8.43. The van der Waals surface area contributed by atoms with Gasteiger partial charge in [-0.1, -0.05) is 18.2 Å². The molecule has 2 amide bonds. The fourth-order valence-corrected chi connectivity index (χ4v) is 2.88. The molecule has 1 saturated heterocycles. The van der Waals surface area contributed by atoms with E-state index in [1.165, 1.54) is 4.90 Å². The number of guanidine groups is 1. The molecule has 1 heterocycles. The summed E-state index contributed by atoms with van der Waals surface area (Å²) < 4.78 is 5.38. The van der Waals surface area contributed by atoms with E-state index in [0.29, 0.717) is 44.9 Å². The van der Waals surface area contributed by atoms with Crippen LogP contribution in [0.2, 0.25) is 0 Å². The first-order valence-corrected chi connectivity index (χ1v) is 8.43. The average molecular weight is 474 g/mol. The van der Waals surface area contributed by atoms with Crippen molar-refractivity contribution < 1.29 is 14.3 Å².